The number of piperidine rings is 1. The van der Waals surface area contributed by atoms with E-state index in [0.717, 1.165) is 19.4 Å². The Morgan fingerprint density at radius 3 is 2.43 bits per heavy atom. The van der Waals surface area contributed by atoms with E-state index in [1.807, 2.05) is 0 Å². The lowest BCUT2D eigenvalue weighted by molar-refractivity contribution is 0.168. The van der Waals surface area contributed by atoms with Crippen molar-refractivity contribution in [2.24, 2.45) is 5.92 Å². The molecule has 7 heteroatoms. The highest BCUT2D eigenvalue weighted by atomic mass is 32.2. The normalized spacial score (nSPS) is 26.0. The second kappa shape index (κ2) is 6.30. The van der Waals surface area contributed by atoms with Crippen LogP contribution in [0, 0.1) is 5.92 Å². The van der Waals surface area contributed by atoms with Crippen LogP contribution in [0.1, 0.15) is 12.8 Å². The van der Waals surface area contributed by atoms with E-state index in [2.05, 4.69) is 11.9 Å². The Kier molecular flexibility index (Phi) is 4.53. The molecule has 0 saturated carbocycles. The number of benzene rings is 1. The van der Waals surface area contributed by atoms with Gasteiger partial charge in [-0.3, -0.25) is 0 Å². The number of likely N-dealkylation sites (N-methyl/N-ethyl adjacent to an activating group) is 1. The monoisotopic (exact) mass is 340 g/mol. The van der Waals surface area contributed by atoms with Crippen molar-refractivity contribution >= 4 is 10.0 Å². The molecule has 0 aliphatic carbocycles. The third kappa shape index (κ3) is 3.05. The second-order valence-corrected chi connectivity index (χ2v) is 8.31. The molecule has 3 fully saturated rings. The van der Waals surface area contributed by atoms with Gasteiger partial charge in [-0.25, -0.2) is 8.42 Å². The molecule has 3 aliphatic rings. The van der Waals surface area contributed by atoms with Crippen LogP contribution < -0.4 is 9.47 Å². The number of ether oxygens (including phenoxy) is 2. The van der Waals surface area contributed by atoms with Gasteiger partial charge in [0.05, 0.1) is 19.1 Å². The average Bonchev–Trinajstić information content (AvgIpc) is 2.86. The van der Waals surface area contributed by atoms with Crippen molar-refractivity contribution < 1.29 is 17.9 Å². The summed E-state index contributed by atoms with van der Waals surface area (Å²) in [5.41, 5.74) is 0. The minimum absolute atomic E-state index is 0.263. The van der Waals surface area contributed by atoms with Crippen LogP contribution in [0.25, 0.3) is 0 Å². The summed E-state index contributed by atoms with van der Waals surface area (Å²) in [5, 5.41) is 0. The first kappa shape index (κ1) is 16.5. The first-order chi connectivity index (χ1) is 11.0. The highest BCUT2D eigenvalue weighted by Gasteiger charge is 2.38. The molecule has 4 rings (SSSR count). The summed E-state index contributed by atoms with van der Waals surface area (Å²) >= 11 is 0. The molecule has 1 aromatic carbocycles. The molecule has 0 unspecified atom stereocenters. The van der Waals surface area contributed by atoms with Gasteiger partial charge in [-0.05, 0) is 37.9 Å². The Morgan fingerprint density at radius 2 is 1.78 bits per heavy atom. The van der Waals surface area contributed by atoms with Gasteiger partial charge in [0.25, 0.3) is 0 Å². The van der Waals surface area contributed by atoms with E-state index in [1.54, 1.807) is 22.5 Å². The van der Waals surface area contributed by atoms with Crippen LogP contribution >= 0.6 is 0 Å². The van der Waals surface area contributed by atoms with E-state index < -0.39 is 10.0 Å². The number of methoxy groups -OCH3 is 2. The van der Waals surface area contributed by atoms with E-state index in [-0.39, 0.29) is 4.90 Å². The molecule has 3 aliphatic heterocycles. The first-order valence-corrected chi connectivity index (χ1v) is 9.32. The van der Waals surface area contributed by atoms with Crippen LogP contribution in [-0.2, 0) is 10.0 Å². The lowest BCUT2D eigenvalue weighted by Crippen LogP contribution is -2.41. The summed E-state index contributed by atoms with van der Waals surface area (Å²) in [7, 11) is 1.61. The molecule has 3 heterocycles. The number of sulfonamides is 1. The van der Waals surface area contributed by atoms with E-state index in [4.69, 9.17) is 9.47 Å². The fraction of sp³-hybridized carbons (Fsp3) is 0.625. The van der Waals surface area contributed by atoms with Gasteiger partial charge in [-0.2, -0.15) is 4.31 Å². The lowest BCUT2D eigenvalue weighted by Gasteiger charge is -2.32. The lowest BCUT2D eigenvalue weighted by atomic mass is 9.96. The third-order valence-electron chi connectivity index (χ3n) is 4.95. The molecule has 0 amide bonds. The maximum atomic E-state index is 13.0. The zero-order chi connectivity index (χ0) is 16.6. The summed E-state index contributed by atoms with van der Waals surface area (Å²) < 4.78 is 38.2. The SMILES string of the molecule is COc1ccc(S(=O)(=O)N2C[C@@H]3CC[C@H](C2)N(C)C3)cc1OC. The van der Waals surface area contributed by atoms with Crippen LogP contribution in [0.3, 0.4) is 0 Å². The quantitative estimate of drug-likeness (QED) is 0.830. The maximum Gasteiger partial charge on any atom is 0.243 e. The van der Waals surface area contributed by atoms with Crippen LogP contribution in [0.15, 0.2) is 23.1 Å². The van der Waals surface area contributed by atoms with Crippen LogP contribution in [-0.4, -0.2) is 64.6 Å². The summed E-state index contributed by atoms with van der Waals surface area (Å²) in [6.07, 6.45) is 2.17. The molecule has 23 heavy (non-hydrogen) atoms. The molecule has 6 nitrogen and oxygen atoms in total. The molecule has 0 aromatic heterocycles. The van der Waals surface area contributed by atoms with E-state index in [0.29, 0.717) is 36.5 Å². The number of nitrogens with zero attached hydrogens (tertiary/aromatic N) is 2. The van der Waals surface area contributed by atoms with Crippen molar-refractivity contribution in [2.75, 3.05) is 40.9 Å². The highest BCUT2D eigenvalue weighted by Crippen LogP contribution is 2.33. The van der Waals surface area contributed by atoms with Gasteiger partial charge in [-0.1, -0.05) is 0 Å². The Labute approximate surface area is 138 Å². The molecule has 0 N–H and O–H groups in total. The van der Waals surface area contributed by atoms with Gasteiger partial charge in [0.2, 0.25) is 10.0 Å². The Morgan fingerprint density at radius 1 is 1.04 bits per heavy atom. The molecule has 0 spiro atoms. The van der Waals surface area contributed by atoms with Crippen molar-refractivity contribution in [2.45, 2.75) is 23.8 Å². The molecular formula is C16H24N2O4S. The Bertz CT molecular complexity index is 677. The number of rotatable bonds is 4. The fourth-order valence-electron chi connectivity index (χ4n) is 3.60. The number of hydrogen-bond acceptors (Lipinski definition) is 5. The largest absolute Gasteiger partial charge is 0.493 e. The zero-order valence-corrected chi connectivity index (χ0v) is 14.7. The smallest absolute Gasteiger partial charge is 0.243 e. The Hall–Kier alpha value is -1.31. The highest BCUT2D eigenvalue weighted by molar-refractivity contribution is 7.89. The van der Waals surface area contributed by atoms with Gasteiger partial charge < -0.3 is 14.4 Å². The van der Waals surface area contributed by atoms with E-state index >= 15 is 0 Å². The summed E-state index contributed by atoms with van der Waals surface area (Å²) in [5.74, 6) is 1.37. The minimum Gasteiger partial charge on any atom is -0.493 e. The molecule has 3 saturated heterocycles. The average molecular weight is 340 g/mol. The van der Waals surface area contributed by atoms with Crippen molar-refractivity contribution in [1.82, 2.24) is 9.21 Å². The molecule has 0 radical (unpaired) electrons. The Balaban J connectivity index is 1.92. The topological polar surface area (TPSA) is 59.1 Å². The van der Waals surface area contributed by atoms with Gasteiger partial charge in [0.1, 0.15) is 0 Å². The zero-order valence-electron chi connectivity index (χ0n) is 13.9. The van der Waals surface area contributed by atoms with Crippen molar-refractivity contribution in [3.8, 4) is 11.5 Å². The predicted molar refractivity (Wildman–Crippen MR) is 87.4 cm³/mol. The molecule has 2 atom stereocenters. The summed E-state index contributed by atoms with van der Waals surface area (Å²) in [6, 6.07) is 5.09. The van der Waals surface area contributed by atoms with Crippen LogP contribution in [0.4, 0.5) is 0 Å². The molecule has 128 valence electrons. The maximum absolute atomic E-state index is 13.0. The number of fused-ring (bicyclic) bond motifs is 4. The second-order valence-electron chi connectivity index (χ2n) is 6.38. The summed E-state index contributed by atoms with van der Waals surface area (Å²) in [6.45, 7) is 2.13. The fourth-order valence-corrected chi connectivity index (χ4v) is 5.17. The summed E-state index contributed by atoms with van der Waals surface area (Å²) in [4.78, 5) is 2.55. The van der Waals surface area contributed by atoms with Crippen LogP contribution in [0.2, 0.25) is 0 Å². The molecule has 2 bridgehead atoms. The third-order valence-corrected chi connectivity index (χ3v) is 6.77. The minimum atomic E-state index is -3.52. The van der Waals surface area contributed by atoms with E-state index in [1.165, 1.54) is 14.2 Å². The number of hydrogen-bond donors (Lipinski definition) is 0. The van der Waals surface area contributed by atoms with E-state index in [9.17, 15) is 8.42 Å². The molecular weight excluding hydrogens is 316 g/mol. The van der Waals surface area contributed by atoms with Crippen LogP contribution in [0.5, 0.6) is 11.5 Å². The first-order valence-electron chi connectivity index (χ1n) is 7.88. The van der Waals surface area contributed by atoms with Gasteiger partial charge in [-0.15, -0.1) is 0 Å². The van der Waals surface area contributed by atoms with Gasteiger partial charge in [0, 0.05) is 31.7 Å². The molecule has 1 aromatic rings. The van der Waals surface area contributed by atoms with Crippen molar-refractivity contribution in [3.05, 3.63) is 18.2 Å². The van der Waals surface area contributed by atoms with Gasteiger partial charge >= 0.3 is 0 Å². The standard InChI is InChI=1S/C16H24N2O4S/c1-17-9-12-4-5-13(17)11-18(10-12)23(19,20)14-6-7-15(21-2)16(8-14)22-3/h6-8,12-13H,4-5,9-11H2,1-3H3/t12-,13-/m1/s1. The van der Waals surface area contributed by atoms with Crippen molar-refractivity contribution in [3.63, 3.8) is 0 Å². The predicted octanol–water partition coefficient (Wildman–Crippen LogP) is 1.42. The van der Waals surface area contributed by atoms with Gasteiger partial charge in [0.15, 0.2) is 11.5 Å². The van der Waals surface area contributed by atoms with Crippen molar-refractivity contribution in [1.29, 1.82) is 0 Å².